The Morgan fingerprint density at radius 2 is 1.57 bits per heavy atom. The summed E-state index contributed by atoms with van der Waals surface area (Å²) >= 11 is 0. The lowest BCUT2D eigenvalue weighted by atomic mass is 9.95. The highest BCUT2D eigenvalue weighted by Crippen LogP contribution is 2.30. The number of hydrogen-bond acceptors (Lipinski definition) is 8. The van der Waals surface area contributed by atoms with E-state index in [1.165, 1.54) is 19.6 Å². The minimum Gasteiger partial charge on any atom is -0.475 e. The predicted molar refractivity (Wildman–Crippen MR) is 135 cm³/mol. The van der Waals surface area contributed by atoms with Crippen molar-refractivity contribution in [2.75, 3.05) is 32.7 Å². The highest BCUT2D eigenvalue weighted by atomic mass is 19.4. The van der Waals surface area contributed by atoms with Gasteiger partial charge >= 0.3 is 24.3 Å². The van der Waals surface area contributed by atoms with Crippen LogP contribution in [0, 0.1) is 5.92 Å². The Hall–Kier alpha value is -3.73. The molecule has 0 bridgehead atoms. The van der Waals surface area contributed by atoms with Gasteiger partial charge in [0.2, 0.25) is 5.89 Å². The molecule has 0 spiro atoms. The zero-order valence-corrected chi connectivity index (χ0v) is 22.6. The minimum absolute atomic E-state index is 0.340. The third-order valence-electron chi connectivity index (χ3n) is 6.59. The van der Waals surface area contributed by atoms with Crippen LogP contribution in [0.4, 0.5) is 26.3 Å². The van der Waals surface area contributed by atoms with Gasteiger partial charge in [-0.25, -0.2) is 9.59 Å². The molecular formula is C25H30F6N6O5. The maximum Gasteiger partial charge on any atom is 0.490 e. The molecule has 0 saturated carbocycles. The molecule has 0 amide bonds. The molecule has 0 radical (unpaired) electrons. The number of alkyl halides is 6. The fourth-order valence-electron chi connectivity index (χ4n) is 4.35. The second kappa shape index (κ2) is 13.5. The van der Waals surface area contributed by atoms with Gasteiger partial charge in [0.25, 0.3) is 5.95 Å². The molecule has 3 N–H and O–H groups in total. The number of likely N-dealkylation sites (tertiary alicyclic amines) is 1. The van der Waals surface area contributed by atoms with E-state index in [4.69, 9.17) is 34.4 Å². The Morgan fingerprint density at radius 1 is 1.02 bits per heavy atom. The van der Waals surface area contributed by atoms with Crippen molar-refractivity contribution in [2.45, 2.75) is 50.9 Å². The number of rotatable bonds is 5. The number of piperidine rings is 1. The van der Waals surface area contributed by atoms with Gasteiger partial charge in [0.1, 0.15) is 0 Å². The van der Waals surface area contributed by atoms with Crippen molar-refractivity contribution >= 4 is 22.8 Å². The number of carboxylic acid groups (broad SMARTS) is 2. The van der Waals surface area contributed by atoms with Crippen LogP contribution in [0.5, 0.6) is 0 Å². The smallest absolute Gasteiger partial charge is 0.475 e. The van der Waals surface area contributed by atoms with E-state index >= 15 is 0 Å². The summed E-state index contributed by atoms with van der Waals surface area (Å²) in [5.41, 5.74) is 2.10. The molecule has 2 fully saturated rings. The molecule has 11 nitrogen and oxygen atoms in total. The molecule has 0 aliphatic carbocycles. The van der Waals surface area contributed by atoms with Crippen LogP contribution >= 0.6 is 0 Å². The van der Waals surface area contributed by atoms with E-state index in [9.17, 15) is 26.3 Å². The number of hydrogen-bond donors (Lipinski definition) is 3. The van der Waals surface area contributed by atoms with E-state index in [-0.39, 0.29) is 0 Å². The van der Waals surface area contributed by atoms with Crippen molar-refractivity contribution in [3.05, 3.63) is 35.9 Å². The number of aromatic nitrogens is 4. The Balaban J connectivity index is 0.000000289. The highest BCUT2D eigenvalue weighted by molar-refractivity contribution is 5.83. The number of nitrogens with one attached hydrogen (secondary N) is 1. The fraction of sp³-hybridized carbons (Fsp3) is 0.560. The van der Waals surface area contributed by atoms with Gasteiger partial charge < -0.3 is 25.0 Å². The van der Waals surface area contributed by atoms with Gasteiger partial charge in [0.15, 0.2) is 0 Å². The standard InChI is InChI=1S/C21H28N6O.2C2HF3O2/c1-14(2)19-17-5-3-4-6-18(17)27(24-19)21-23-20(28-25-21)16-7-9-26(10-8-16)13-15-11-22-12-15;2*3-2(4,5)1(6)7/h3-6,14-16,22H,7-13H2,1-2H3;2*(H,6,7). The first kappa shape index (κ1) is 32.8. The summed E-state index contributed by atoms with van der Waals surface area (Å²) in [6.07, 6.45) is -8.00. The largest absolute Gasteiger partial charge is 0.490 e. The number of benzene rings is 1. The third kappa shape index (κ3) is 8.64. The normalized spacial score (nSPS) is 16.8. The number of para-hydroxylation sites is 1. The molecular weight excluding hydrogens is 578 g/mol. The van der Waals surface area contributed by atoms with Gasteiger partial charge in [0, 0.05) is 30.9 Å². The first-order valence-electron chi connectivity index (χ1n) is 12.9. The summed E-state index contributed by atoms with van der Waals surface area (Å²) in [6.45, 7) is 10.1. The Kier molecular flexibility index (Phi) is 10.5. The van der Waals surface area contributed by atoms with Crippen molar-refractivity contribution in [2.24, 2.45) is 5.92 Å². The van der Waals surface area contributed by atoms with Gasteiger partial charge in [-0.3, -0.25) is 0 Å². The van der Waals surface area contributed by atoms with Crippen LogP contribution in [0.25, 0.3) is 16.9 Å². The second-order valence-electron chi connectivity index (χ2n) is 10.1. The summed E-state index contributed by atoms with van der Waals surface area (Å²) in [5, 5.41) is 27.8. The van der Waals surface area contributed by atoms with Crippen LogP contribution in [0.3, 0.4) is 0 Å². The summed E-state index contributed by atoms with van der Waals surface area (Å²) in [5.74, 6) is -2.70. The number of fused-ring (bicyclic) bond motifs is 1. The van der Waals surface area contributed by atoms with E-state index in [1.807, 2.05) is 10.7 Å². The van der Waals surface area contributed by atoms with E-state index in [0.717, 1.165) is 54.3 Å². The Bertz CT molecular complexity index is 1320. The first-order chi connectivity index (χ1) is 19.6. The maximum atomic E-state index is 10.6. The zero-order valence-electron chi connectivity index (χ0n) is 22.6. The first-order valence-corrected chi connectivity index (χ1v) is 12.9. The fourth-order valence-corrected chi connectivity index (χ4v) is 4.35. The van der Waals surface area contributed by atoms with Gasteiger partial charge in [0.05, 0.1) is 11.2 Å². The zero-order chi connectivity index (χ0) is 31.2. The van der Waals surface area contributed by atoms with Crippen LogP contribution in [0.15, 0.2) is 28.8 Å². The topological polar surface area (TPSA) is 147 Å². The average molecular weight is 609 g/mol. The molecule has 2 aromatic heterocycles. The van der Waals surface area contributed by atoms with E-state index < -0.39 is 24.3 Å². The maximum absolute atomic E-state index is 10.6. The molecule has 2 saturated heterocycles. The summed E-state index contributed by atoms with van der Waals surface area (Å²) < 4.78 is 71.0. The van der Waals surface area contributed by atoms with E-state index in [2.05, 4.69) is 47.4 Å². The van der Waals surface area contributed by atoms with Crippen LogP contribution in [0.2, 0.25) is 0 Å². The van der Waals surface area contributed by atoms with Gasteiger partial charge in [-0.2, -0.15) is 41.1 Å². The molecule has 232 valence electrons. The molecule has 2 aliphatic rings. The van der Waals surface area contributed by atoms with Crippen LogP contribution in [0.1, 0.15) is 50.1 Å². The molecule has 0 unspecified atom stereocenters. The summed E-state index contributed by atoms with van der Waals surface area (Å²) in [7, 11) is 0. The molecule has 2 aliphatic heterocycles. The Labute approximate surface area is 235 Å². The minimum atomic E-state index is -5.08. The monoisotopic (exact) mass is 608 g/mol. The van der Waals surface area contributed by atoms with Gasteiger partial charge in [-0.15, -0.1) is 0 Å². The molecule has 17 heteroatoms. The van der Waals surface area contributed by atoms with Crippen LogP contribution in [-0.2, 0) is 9.59 Å². The van der Waals surface area contributed by atoms with Gasteiger partial charge in [-0.05, 0) is 49.0 Å². The number of aliphatic carboxylic acids is 2. The lowest BCUT2D eigenvalue weighted by Crippen LogP contribution is -2.49. The van der Waals surface area contributed by atoms with Gasteiger partial charge in [-0.1, -0.05) is 32.0 Å². The number of halogens is 6. The van der Waals surface area contributed by atoms with Crippen LogP contribution in [-0.4, -0.2) is 92.0 Å². The van der Waals surface area contributed by atoms with Crippen molar-refractivity contribution in [1.29, 1.82) is 0 Å². The van der Waals surface area contributed by atoms with Crippen LogP contribution < -0.4 is 5.32 Å². The number of carboxylic acids is 2. The second-order valence-corrected chi connectivity index (χ2v) is 10.1. The van der Waals surface area contributed by atoms with E-state index in [1.54, 1.807) is 0 Å². The molecule has 3 aromatic rings. The summed E-state index contributed by atoms with van der Waals surface area (Å²) in [4.78, 5) is 25.1. The molecule has 0 atom stereocenters. The van der Waals surface area contributed by atoms with E-state index in [0.29, 0.717) is 17.8 Å². The lowest BCUT2D eigenvalue weighted by molar-refractivity contribution is -0.193. The third-order valence-corrected chi connectivity index (χ3v) is 6.59. The predicted octanol–water partition coefficient (Wildman–Crippen LogP) is 4.20. The quantitative estimate of drug-likeness (QED) is 0.360. The SMILES string of the molecule is CC(C)c1nn(-c2noc(C3CCN(CC4CNC4)CC3)n2)c2ccccc12.O=C(O)C(F)(F)F.O=C(O)C(F)(F)F. The van der Waals surface area contributed by atoms with Crippen molar-refractivity contribution in [3.8, 4) is 5.95 Å². The number of carbonyl (C=O) groups is 2. The van der Waals surface area contributed by atoms with Crippen molar-refractivity contribution in [1.82, 2.24) is 30.1 Å². The van der Waals surface area contributed by atoms with Crippen molar-refractivity contribution < 1.29 is 50.7 Å². The Morgan fingerprint density at radius 3 is 2.05 bits per heavy atom. The summed E-state index contributed by atoms with van der Waals surface area (Å²) in [6, 6.07) is 8.26. The molecule has 42 heavy (non-hydrogen) atoms. The molecule has 4 heterocycles. The van der Waals surface area contributed by atoms with Crippen molar-refractivity contribution in [3.63, 3.8) is 0 Å². The molecule has 5 rings (SSSR count). The molecule has 1 aromatic carbocycles. The average Bonchev–Trinajstić information content (AvgIpc) is 3.52. The highest BCUT2D eigenvalue weighted by Gasteiger charge is 2.39. The number of nitrogens with zero attached hydrogens (tertiary/aromatic N) is 5. The lowest BCUT2D eigenvalue weighted by Gasteiger charge is -2.36.